The van der Waals surface area contributed by atoms with Gasteiger partial charge in [0.2, 0.25) is 0 Å². The van der Waals surface area contributed by atoms with Gasteiger partial charge >= 0.3 is 12.1 Å². The van der Waals surface area contributed by atoms with E-state index in [1.165, 1.54) is 36.4 Å². The highest BCUT2D eigenvalue weighted by Crippen LogP contribution is 2.30. The van der Waals surface area contributed by atoms with E-state index in [-0.39, 0.29) is 16.8 Å². The molecule has 8 heteroatoms. The fraction of sp³-hybridized carbons (Fsp3) is 0.0556. The molecule has 0 aliphatic carbocycles. The van der Waals surface area contributed by atoms with Crippen LogP contribution in [0.1, 0.15) is 21.5 Å². The Morgan fingerprint density at radius 3 is 2.31 bits per heavy atom. The summed E-state index contributed by atoms with van der Waals surface area (Å²) < 4.78 is 38.1. The van der Waals surface area contributed by atoms with Crippen LogP contribution in [0.2, 0.25) is 0 Å². The molecule has 0 saturated heterocycles. The second-order valence-electron chi connectivity index (χ2n) is 5.13. The summed E-state index contributed by atoms with van der Waals surface area (Å²) in [6.07, 6.45) is -3.35. The first-order valence-electron chi connectivity index (χ1n) is 7.14. The Morgan fingerprint density at radius 1 is 1.12 bits per heavy atom. The van der Waals surface area contributed by atoms with Crippen LogP contribution >= 0.6 is 0 Å². The standard InChI is InChI=1S/C18H11F3N2O3/c19-18(20,21)14-2-1-3-15(9-14)23-16(24)13(10-22)8-11-4-6-12(7-5-11)17(25)26/h1-9H,(H,23,24)(H,25,26)/b13-8-. The summed E-state index contributed by atoms with van der Waals surface area (Å²) in [5.74, 6) is -2.00. The number of hydrogen-bond donors (Lipinski definition) is 2. The van der Waals surface area contributed by atoms with Gasteiger partial charge in [0.25, 0.3) is 5.91 Å². The zero-order chi connectivity index (χ0) is 19.3. The van der Waals surface area contributed by atoms with Gasteiger partial charge < -0.3 is 10.4 Å². The number of carboxylic acid groups (broad SMARTS) is 1. The highest BCUT2D eigenvalue weighted by molar-refractivity contribution is 6.09. The third kappa shape index (κ3) is 4.70. The molecule has 0 bridgehead atoms. The molecule has 0 unspecified atom stereocenters. The van der Waals surface area contributed by atoms with Crippen LogP contribution in [0.5, 0.6) is 0 Å². The predicted molar refractivity (Wildman–Crippen MR) is 87.1 cm³/mol. The summed E-state index contributed by atoms with van der Waals surface area (Å²) in [5.41, 5.74) is -0.945. The van der Waals surface area contributed by atoms with E-state index in [0.717, 1.165) is 18.2 Å². The van der Waals surface area contributed by atoms with E-state index < -0.39 is 23.6 Å². The van der Waals surface area contributed by atoms with E-state index in [1.807, 2.05) is 0 Å². The molecule has 0 aliphatic heterocycles. The minimum Gasteiger partial charge on any atom is -0.478 e. The van der Waals surface area contributed by atoms with E-state index in [0.29, 0.717) is 5.56 Å². The molecule has 5 nitrogen and oxygen atoms in total. The van der Waals surface area contributed by atoms with Crippen molar-refractivity contribution in [3.8, 4) is 6.07 Å². The average Bonchev–Trinajstić information content (AvgIpc) is 2.59. The van der Waals surface area contributed by atoms with E-state index in [2.05, 4.69) is 5.32 Å². The second-order valence-corrected chi connectivity index (χ2v) is 5.13. The summed E-state index contributed by atoms with van der Waals surface area (Å²) in [4.78, 5) is 22.9. The zero-order valence-electron chi connectivity index (χ0n) is 13.0. The molecule has 1 amide bonds. The summed E-state index contributed by atoms with van der Waals surface area (Å²) in [5, 5.41) is 20.2. The molecule has 0 saturated carbocycles. The van der Waals surface area contributed by atoms with Crippen molar-refractivity contribution in [3.63, 3.8) is 0 Å². The lowest BCUT2D eigenvalue weighted by atomic mass is 10.1. The quantitative estimate of drug-likeness (QED) is 0.638. The molecule has 2 N–H and O–H groups in total. The summed E-state index contributed by atoms with van der Waals surface area (Å²) >= 11 is 0. The van der Waals surface area contributed by atoms with Crippen molar-refractivity contribution in [3.05, 3.63) is 70.8 Å². The molecule has 132 valence electrons. The minimum absolute atomic E-state index is 0.0362. The number of nitrogens with one attached hydrogen (secondary N) is 1. The molecule has 2 rings (SSSR count). The lowest BCUT2D eigenvalue weighted by molar-refractivity contribution is -0.137. The number of benzene rings is 2. The van der Waals surface area contributed by atoms with Crippen LogP contribution in [-0.4, -0.2) is 17.0 Å². The lowest BCUT2D eigenvalue weighted by Gasteiger charge is -2.09. The van der Waals surface area contributed by atoms with Gasteiger partial charge in [-0.3, -0.25) is 4.79 Å². The fourth-order valence-electron chi connectivity index (χ4n) is 2.01. The number of aromatic carboxylic acids is 1. The molecular formula is C18H11F3N2O3. The fourth-order valence-corrected chi connectivity index (χ4v) is 2.01. The van der Waals surface area contributed by atoms with Crippen LogP contribution in [0.4, 0.5) is 18.9 Å². The zero-order valence-corrected chi connectivity index (χ0v) is 13.0. The number of carbonyl (C=O) groups excluding carboxylic acids is 1. The van der Waals surface area contributed by atoms with Crippen molar-refractivity contribution >= 4 is 23.6 Å². The van der Waals surface area contributed by atoms with Crippen molar-refractivity contribution in [1.29, 1.82) is 5.26 Å². The molecule has 2 aromatic carbocycles. The van der Waals surface area contributed by atoms with Gasteiger partial charge in [-0.15, -0.1) is 0 Å². The normalized spacial score (nSPS) is 11.5. The van der Waals surface area contributed by atoms with Crippen molar-refractivity contribution in [2.24, 2.45) is 0 Å². The Morgan fingerprint density at radius 2 is 1.77 bits per heavy atom. The Kier molecular flexibility index (Phi) is 5.42. The summed E-state index contributed by atoms with van der Waals surface area (Å²) in [6.45, 7) is 0. The number of alkyl halides is 3. The summed E-state index contributed by atoms with van der Waals surface area (Å²) in [6, 6.07) is 11.1. The largest absolute Gasteiger partial charge is 0.478 e. The smallest absolute Gasteiger partial charge is 0.416 e. The first-order valence-corrected chi connectivity index (χ1v) is 7.14. The average molecular weight is 360 g/mol. The number of carbonyl (C=O) groups is 2. The number of carboxylic acids is 1. The second kappa shape index (κ2) is 7.53. The molecule has 0 spiro atoms. The van der Waals surface area contributed by atoms with E-state index >= 15 is 0 Å². The van der Waals surface area contributed by atoms with Crippen LogP contribution in [0.3, 0.4) is 0 Å². The van der Waals surface area contributed by atoms with Gasteiger partial charge in [0.15, 0.2) is 0 Å². The van der Waals surface area contributed by atoms with Crippen LogP contribution in [-0.2, 0) is 11.0 Å². The van der Waals surface area contributed by atoms with Crippen molar-refractivity contribution < 1.29 is 27.9 Å². The van der Waals surface area contributed by atoms with Crippen molar-refractivity contribution in [2.75, 3.05) is 5.32 Å². The molecule has 0 fully saturated rings. The Hall–Kier alpha value is -3.60. The maximum atomic E-state index is 12.7. The van der Waals surface area contributed by atoms with Crippen LogP contribution < -0.4 is 5.32 Å². The molecular weight excluding hydrogens is 349 g/mol. The monoisotopic (exact) mass is 360 g/mol. The van der Waals surface area contributed by atoms with E-state index in [9.17, 15) is 22.8 Å². The highest BCUT2D eigenvalue weighted by Gasteiger charge is 2.30. The molecule has 0 aromatic heterocycles. The van der Waals surface area contributed by atoms with Gasteiger partial charge in [0, 0.05) is 5.69 Å². The van der Waals surface area contributed by atoms with Gasteiger partial charge in [0.1, 0.15) is 11.6 Å². The van der Waals surface area contributed by atoms with Gasteiger partial charge in [-0.2, -0.15) is 18.4 Å². The first kappa shape index (κ1) is 18.7. The van der Waals surface area contributed by atoms with Crippen LogP contribution in [0.25, 0.3) is 6.08 Å². The lowest BCUT2D eigenvalue weighted by Crippen LogP contribution is -2.14. The molecule has 0 atom stereocenters. The third-order valence-corrected chi connectivity index (χ3v) is 3.28. The van der Waals surface area contributed by atoms with Gasteiger partial charge in [-0.1, -0.05) is 18.2 Å². The molecule has 2 aromatic rings. The SMILES string of the molecule is N#C/C(=C/c1ccc(C(=O)O)cc1)C(=O)Nc1cccc(C(F)(F)F)c1. The topological polar surface area (TPSA) is 90.2 Å². The summed E-state index contributed by atoms with van der Waals surface area (Å²) in [7, 11) is 0. The number of amides is 1. The minimum atomic E-state index is -4.56. The highest BCUT2D eigenvalue weighted by atomic mass is 19.4. The number of rotatable bonds is 4. The number of nitrogens with zero attached hydrogens (tertiary/aromatic N) is 1. The number of anilines is 1. The van der Waals surface area contributed by atoms with Gasteiger partial charge in [-0.25, -0.2) is 4.79 Å². The Balaban J connectivity index is 2.21. The van der Waals surface area contributed by atoms with Crippen LogP contribution in [0, 0.1) is 11.3 Å². The first-order chi connectivity index (χ1) is 12.2. The molecule has 0 aliphatic rings. The maximum absolute atomic E-state index is 12.7. The molecule has 0 heterocycles. The predicted octanol–water partition coefficient (Wildman–Crippen LogP) is 3.95. The number of hydrogen-bond acceptors (Lipinski definition) is 3. The number of halogens is 3. The maximum Gasteiger partial charge on any atom is 0.416 e. The van der Waals surface area contributed by atoms with Crippen molar-refractivity contribution in [1.82, 2.24) is 0 Å². The molecule has 0 radical (unpaired) electrons. The third-order valence-electron chi connectivity index (χ3n) is 3.28. The van der Waals surface area contributed by atoms with Crippen LogP contribution in [0.15, 0.2) is 54.1 Å². The number of nitriles is 1. The van der Waals surface area contributed by atoms with E-state index in [4.69, 9.17) is 10.4 Å². The van der Waals surface area contributed by atoms with Crippen molar-refractivity contribution in [2.45, 2.75) is 6.18 Å². The van der Waals surface area contributed by atoms with Gasteiger partial charge in [0.05, 0.1) is 11.1 Å². The Bertz CT molecular complexity index is 911. The molecule has 26 heavy (non-hydrogen) atoms. The van der Waals surface area contributed by atoms with Gasteiger partial charge in [-0.05, 0) is 42.0 Å². The van der Waals surface area contributed by atoms with E-state index in [1.54, 1.807) is 6.07 Å². The Labute approximate surface area is 146 Å².